The minimum absolute atomic E-state index is 0.00785. The van der Waals surface area contributed by atoms with Crippen molar-refractivity contribution in [3.8, 4) is 0 Å². The average molecular weight is 403 g/mol. The van der Waals surface area contributed by atoms with Crippen LogP contribution in [0.4, 0.5) is 22.0 Å². The fourth-order valence-electron chi connectivity index (χ4n) is 2.81. The van der Waals surface area contributed by atoms with E-state index < -0.39 is 35.7 Å². The van der Waals surface area contributed by atoms with E-state index in [4.69, 9.17) is 5.73 Å². The summed E-state index contributed by atoms with van der Waals surface area (Å²) in [6, 6.07) is 3.47. The second-order valence-electron chi connectivity index (χ2n) is 6.22. The zero-order chi connectivity index (χ0) is 21.2. The number of hydrogen-bond donors (Lipinski definition) is 2. The molecule has 0 atom stereocenters. The lowest BCUT2D eigenvalue weighted by atomic mass is 9.96. The van der Waals surface area contributed by atoms with E-state index in [0.717, 1.165) is 17.7 Å². The number of amidine groups is 1. The van der Waals surface area contributed by atoms with Gasteiger partial charge in [0.1, 0.15) is 0 Å². The number of hydrogen-bond acceptors (Lipinski definition) is 3. The van der Waals surface area contributed by atoms with Gasteiger partial charge in [-0.1, -0.05) is 12.6 Å². The maximum Gasteiger partial charge on any atom is 0.416 e. The summed E-state index contributed by atoms with van der Waals surface area (Å²) in [4.78, 5) is 16.2. The summed E-state index contributed by atoms with van der Waals surface area (Å²) >= 11 is 0. The molecular formula is C18H18F5N3O2. The van der Waals surface area contributed by atoms with Gasteiger partial charge in [-0.25, -0.2) is 18.6 Å². The molecule has 1 heterocycles. The SMILES string of the molecule is C=C(/C(C)=C(\N=C(/N)C(F)F)C(=O)O)N1CCc2ccc(C(F)(F)F)cc2C1. The fourth-order valence-corrected chi connectivity index (χ4v) is 2.81. The van der Waals surface area contributed by atoms with Crippen LogP contribution in [0, 0.1) is 0 Å². The van der Waals surface area contributed by atoms with Crippen LogP contribution in [0.3, 0.4) is 0 Å². The highest BCUT2D eigenvalue weighted by molar-refractivity contribution is 5.94. The molecule has 0 bridgehead atoms. The van der Waals surface area contributed by atoms with Crippen molar-refractivity contribution in [2.45, 2.75) is 32.5 Å². The molecule has 1 aromatic rings. The van der Waals surface area contributed by atoms with Gasteiger partial charge >= 0.3 is 12.1 Å². The first-order valence-corrected chi connectivity index (χ1v) is 8.11. The number of carboxylic acids is 1. The molecule has 0 unspecified atom stereocenters. The fraction of sp³-hybridized carbons (Fsp3) is 0.333. The second kappa shape index (κ2) is 7.99. The van der Waals surface area contributed by atoms with Gasteiger partial charge in [0.25, 0.3) is 6.43 Å². The Balaban J connectivity index is 2.34. The summed E-state index contributed by atoms with van der Waals surface area (Å²) in [6.07, 6.45) is -7.19. The van der Waals surface area contributed by atoms with E-state index in [1.165, 1.54) is 13.0 Å². The molecule has 0 saturated carbocycles. The molecule has 28 heavy (non-hydrogen) atoms. The number of halogens is 5. The molecule has 0 radical (unpaired) electrons. The number of aliphatic imine (C=N–C) groups is 1. The first-order valence-electron chi connectivity index (χ1n) is 8.11. The van der Waals surface area contributed by atoms with Gasteiger partial charge in [-0.3, -0.25) is 0 Å². The smallest absolute Gasteiger partial charge is 0.416 e. The van der Waals surface area contributed by atoms with Crippen molar-refractivity contribution < 1.29 is 31.9 Å². The van der Waals surface area contributed by atoms with Crippen molar-refractivity contribution in [3.05, 3.63) is 58.4 Å². The molecule has 152 valence electrons. The Morgan fingerprint density at radius 1 is 1.32 bits per heavy atom. The summed E-state index contributed by atoms with van der Waals surface area (Å²) in [6.45, 7) is 5.53. The highest BCUT2D eigenvalue weighted by Gasteiger charge is 2.32. The van der Waals surface area contributed by atoms with Crippen molar-refractivity contribution in [1.82, 2.24) is 4.90 Å². The maximum atomic E-state index is 12.9. The Labute approximate surface area is 157 Å². The molecule has 0 amide bonds. The maximum absolute atomic E-state index is 12.9. The highest BCUT2D eigenvalue weighted by Crippen LogP contribution is 2.33. The van der Waals surface area contributed by atoms with Gasteiger partial charge in [-0.2, -0.15) is 13.2 Å². The zero-order valence-electron chi connectivity index (χ0n) is 14.9. The lowest BCUT2D eigenvalue weighted by Crippen LogP contribution is -2.31. The Morgan fingerprint density at radius 2 is 1.96 bits per heavy atom. The van der Waals surface area contributed by atoms with Crippen LogP contribution < -0.4 is 5.73 Å². The second-order valence-corrected chi connectivity index (χ2v) is 6.22. The van der Waals surface area contributed by atoms with Crippen molar-refractivity contribution in [2.24, 2.45) is 10.7 Å². The van der Waals surface area contributed by atoms with Crippen LogP contribution in [0.25, 0.3) is 0 Å². The monoisotopic (exact) mass is 403 g/mol. The molecular weight excluding hydrogens is 385 g/mol. The van der Waals surface area contributed by atoms with Crippen LogP contribution in [0.2, 0.25) is 0 Å². The van der Waals surface area contributed by atoms with E-state index in [1.807, 2.05) is 0 Å². The van der Waals surface area contributed by atoms with Crippen LogP contribution in [0.1, 0.15) is 23.6 Å². The number of carboxylic acid groups (broad SMARTS) is 1. The predicted molar refractivity (Wildman–Crippen MR) is 92.7 cm³/mol. The molecule has 3 N–H and O–H groups in total. The van der Waals surface area contributed by atoms with Crippen molar-refractivity contribution in [3.63, 3.8) is 0 Å². The van der Waals surface area contributed by atoms with Crippen LogP contribution in [0.15, 0.2) is 46.7 Å². The summed E-state index contributed by atoms with van der Waals surface area (Å²) in [5.41, 5.74) is 4.89. The number of rotatable bonds is 5. The van der Waals surface area contributed by atoms with E-state index in [9.17, 15) is 31.9 Å². The third-order valence-electron chi connectivity index (χ3n) is 4.38. The molecule has 10 heteroatoms. The first-order chi connectivity index (χ1) is 12.9. The minimum Gasteiger partial charge on any atom is -0.477 e. The summed E-state index contributed by atoms with van der Waals surface area (Å²) in [5, 5.41) is 9.26. The lowest BCUT2D eigenvalue weighted by molar-refractivity contribution is -0.137. The molecule has 0 aliphatic carbocycles. The van der Waals surface area contributed by atoms with Gasteiger partial charge in [-0.05, 0) is 36.6 Å². The summed E-state index contributed by atoms with van der Waals surface area (Å²) in [7, 11) is 0. The zero-order valence-corrected chi connectivity index (χ0v) is 14.9. The van der Waals surface area contributed by atoms with Gasteiger partial charge in [0.05, 0.1) is 5.56 Å². The van der Waals surface area contributed by atoms with Crippen molar-refractivity contribution in [2.75, 3.05) is 6.54 Å². The standard InChI is InChI=1S/C18H18F5N3O2/c1-9(14(17(27)28)25-16(24)15(19)20)10(2)26-6-5-11-3-4-13(18(21,22)23)7-12(11)8-26/h3-4,7,15H,2,5-6,8H2,1H3,(H2,24,25)(H,27,28)/b14-9-. The van der Waals surface area contributed by atoms with Crippen LogP contribution in [-0.2, 0) is 23.9 Å². The van der Waals surface area contributed by atoms with Gasteiger partial charge < -0.3 is 15.7 Å². The summed E-state index contributed by atoms with van der Waals surface area (Å²) < 4.78 is 63.9. The molecule has 5 nitrogen and oxygen atoms in total. The number of nitrogens with zero attached hydrogens (tertiary/aromatic N) is 2. The quantitative estimate of drug-likeness (QED) is 0.259. The highest BCUT2D eigenvalue weighted by atomic mass is 19.4. The molecule has 1 aromatic carbocycles. The topological polar surface area (TPSA) is 78.9 Å². The molecule has 0 aromatic heterocycles. The Morgan fingerprint density at radius 3 is 2.50 bits per heavy atom. The Hall–Kier alpha value is -2.91. The van der Waals surface area contributed by atoms with Gasteiger partial charge in [0.15, 0.2) is 11.5 Å². The van der Waals surface area contributed by atoms with E-state index in [-0.39, 0.29) is 17.8 Å². The number of carbonyl (C=O) groups is 1. The van der Waals surface area contributed by atoms with Crippen LogP contribution in [0.5, 0.6) is 0 Å². The normalized spacial score (nSPS) is 16.0. The lowest BCUT2D eigenvalue weighted by Gasteiger charge is -2.33. The van der Waals surface area contributed by atoms with E-state index in [1.54, 1.807) is 4.90 Å². The van der Waals surface area contributed by atoms with E-state index in [0.29, 0.717) is 18.5 Å². The molecule has 1 aliphatic rings. The summed E-state index contributed by atoms with van der Waals surface area (Å²) in [5.74, 6) is -2.72. The largest absolute Gasteiger partial charge is 0.477 e. The van der Waals surface area contributed by atoms with Crippen LogP contribution in [-0.4, -0.2) is 34.8 Å². The van der Waals surface area contributed by atoms with Gasteiger partial charge in [0, 0.05) is 24.4 Å². The minimum atomic E-state index is -4.48. The van der Waals surface area contributed by atoms with Gasteiger partial charge in [-0.15, -0.1) is 0 Å². The van der Waals surface area contributed by atoms with E-state index >= 15 is 0 Å². The van der Waals surface area contributed by atoms with Crippen molar-refractivity contribution >= 4 is 11.8 Å². The van der Waals surface area contributed by atoms with Crippen molar-refractivity contribution in [1.29, 1.82) is 0 Å². The number of aliphatic carboxylic acids is 1. The third-order valence-corrected chi connectivity index (χ3v) is 4.38. The Bertz CT molecular complexity index is 859. The Kier molecular flexibility index (Phi) is 6.10. The third kappa shape index (κ3) is 4.68. The first kappa shape index (κ1) is 21.4. The predicted octanol–water partition coefficient (Wildman–Crippen LogP) is 3.56. The number of benzene rings is 1. The molecule has 0 spiro atoms. The molecule has 0 fully saturated rings. The molecule has 2 rings (SSSR count). The number of nitrogens with two attached hydrogens (primary N) is 1. The molecule has 1 aliphatic heterocycles. The number of fused-ring (bicyclic) bond motifs is 1. The van der Waals surface area contributed by atoms with Crippen LogP contribution >= 0.6 is 0 Å². The number of allylic oxidation sites excluding steroid dienone is 1. The molecule has 0 saturated heterocycles. The average Bonchev–Trinajstić information content (AvgIpc) is 2.62. The van der Waals surface area contributed by atoms with Gasteiger partial charge in [0.2, 0.25) is 0 Å². The van der Waals surface area contributed by atoms with E-state index in [2.05, 4.69) is 11.6 Å². The number of alkyl halides is 5.